The van der Waals surface area contributed by atoms with E-state index >= 15 is 0 Å². The van der Waals surface area contributed by atoms with Gasteiger partial charge in [0, 0.05) is 13.1 Å². The Bertz CT molecular complexity index is 707. The summed E-state index contributed by atoms with van der Waals surface area (Å²) in [6, 6.07) is 4.64. The van der Waals surface area contributed by atoms with E-state index in [1.807, 2.05) is 31.7 Å². The molecule has 5 nitrogen and oxygen atoms in total. The number of amides is 1. The monoisotopic (exact) mass is 366 g/mol. The smallest absolute Gasteiger partial charge is 0.241 e. The molecule has 1 aliphatic heterocycles. The summed E-state index contributed by atoms with van der Waals surface area (Å²) in [4.78, 5) is 15.0. The fourth-order valence-electron chi connectivity index (χ4n) is 3.25. The van der Waals surface area contributed by atoms with Crippen molar-refractivity contribution in [2.75, 3.05) is 13.1 Å². The molecule has 0 spiro atoms. The Hall–Kier alpha value is -1.40. The minimum atomic E-state index is -3.74. The van der Waals surface area contributed by atoms with Crippen LogP contribution in [0.3, 0.4) is 0 Å². The van der Waals surface area contributed by atoms with Gasteiger partial charge in [0.15, 0.2) is 0 Å². The van der Waals surface area contributed by atoms with E-state index in [-0.39, 0.29) is 16.7 Å². The van der Waals surface area contributed by atoms with Gasteiger partial charge < -0.3 is 4.90 Å². The second kappa shape index (κ2) is 8.32. The normalized spacial score (nSPS) is 16.9. The van der Waals surface area contributed by atoms with Gasteiger partial charge in [-0.2, -0.15) is 4.72 Å². The Kier molecular flexibility index (Phi) is 6.63. The quantitative estimate of drug-likeness (QED) is 0.841. The molecule has 1 saturated heterocycles. The zero-order chi connectivity index (χ0) is 18.6. The molecule has 0 unspecified atom stereocenters. The van der Waals surface area contributed by atoms with Crippen molar-refractivity contribution < 1.29 is 13.2 Å². The van der Waals surface area contributed by atoms with Crippen molar-refractivity contribution in [1.82, 2.24) is 9.62 Å². The van der Waals surface area contributed by atoms with Crippen LogP contribution in [0.2, 0.25) is 0 Å². The van der Waals surface area contributed by atoms with E-state index in [0.29, 0.717) is 12.0 Å². The molecular formula is C19H30N2O3S. The largest absolute Gasteiger partial charge is 0.341 e. The zero-order valence-corrected chi connectivity index (χ0v) is 16.5. The van der Waals surface area contributed by atoms with E-state index in [1.54, 1.807) is 19.1 Å². The number of aryl methyl sites for hydroxylation is 2. The number of likely N-dealkylation sites (tertiary alicyclic amines) is 1. The van der Waals surface area contributed by atoms with Crippen molar-refractivity contribution in [2.45, 2.75) is 64.3 Å². The third kappa shape index (κ3) is 5.28. The lowest BCUT2D eigenvalue weighted by atomic mass is 10.0. The summed E-state index contributed by atoms with van der Waals surface area (Å²) in [5.74, 6) is 0.127. The number of piperidine rings is 1. The third-order valence-corrected chi connectivity index (χ3v) is 6.22. The van der Waals surface area contributed by atoms with Crippen LogP contribution in [0.5, 0.6) is 0 Å². The number of benzene rings is 1. The van der Waals surface area contributed by atoms with Crippen LogP contribution in [0.4, 0.5) is 0 Å². The van der Waals surface area contributed by atoms with Gasteiger partial charge in [0.05, 0.1) is 4.90 Å². The van der Waals surface area contributed by atoms with Crippen molar-refractivity contribution in [3.05, 3.63) is 29.3 Å². The van der Waals surface area contributed by atoms with Crippen LogP contribution in [-0.2, 0) is 14.8 Å². The molecule has 1 fully saturated rings. The second-order valence-electron chi connectivity index (χ2n) is 7.46. The fraction of sp³-hybridized carbons (Fsp3) is 0.632. The molecule has 0 aliphatic carbocycles. The van der Waals surface area contributed by atoms with Gasteiger partial charge in [0.1, 0.15) is 6.04 Å². The van der Waals surface area contributed by atoms with E-state index in [2.05, 4.69) is 4.72 Å². The van der Waals surface area contributed by atoms with Gasteiger partial charge in [-0.15, -0.1) is 0 Å². The second-order valence-corrected chi connectivity index (χ2v) is 9.14. The topological polar surface area (TPSA) is 66.5 Å². The van der Waals surface area contributed by atoms with Crippen LogP contribution in [0.25, 0.3) is 0 Å². The molecule has 1 heterocycles. The van der Waals surface area contributed by atoms with Gasteiger partial charge in [-0.25, -0.2) is 8.42 Å². The number of carbonyl (C=O) groups excluding carboxylic acids is 1. The van der Waals surface area contributed by atoms with Crippen molar-refractivity contribution >= 4 is 15.9 Å². The summed E-state index contributed by atoms with van der Waals surface area (Å²) >= 11 is 0. The van der Waals surface area contributed by atoms with Gasteiger partial charge in [-0.3, -0.25) is 4.79 Å². The van der Waals surface area contributed by atoms with E-state index in [0.717, 1.165) is 37.9 Å². The Labute approximate surface area is 151 Å². The van der Waals surface area contributed by atoms with Gasteiger partial charge in [-0.1, -0.05) is 26.0 Å². The third-order valence-electron chi connectivity index (χ3n) is 4.60. The average Bonchev–Trinajstić information content (AvgIpc) is 2.56. The molecule has 2 rings (SSSR count). The summed E-state index contributed by atoms with van der Waals surface area (Å²) < 4.78 is 28.5. The van der Waals surface area contributed by atoms with Crippen LogP contribution in [0.15, 0.2) is 23.1 Å². The van der Waals surface area contributed by atoms with Gasteiger partial charge in [0.25, 0.3) is 0 Å². The lowest BCUT2D eigenvalue weighted by Gasteiger charge is -2.31. The van der Waals surface area contributed by atoms with Crippen LogP contribution in [-0.4, -0.2) is 38.4 Å². The number of hydrogen-bond acceptors (Lipinski definition) is 3. The number of sulfonamides is 1. The van der Waals surface area contributed by atoms with Gasteiger partial charge in [-0.05, 0) is 62.6 Å². The van der Waals surface area contributed by atoms with Crippen molar-refractivity contribution in [2.24, 2.45) is 5.92 Å². The summed E-state index contributed by atoms with van der Waals surface area (Å²) in [5, 5.41) is 0. The van der Waals surface area contributed by atoms with Crippen LogP contribution >= 0.6 is 0 Å². The first-order valence-corrected chi connectivity index (χ1v) is 10.6. The summed E-state index contributed by atoms with van der Waals surface area (Å²) in [7, 11) is -3.74. The van der Waals surface area contributed by atoms with Crippen LogP contribution in [0, 0.1) is 19.8 Å². The average molecular weight is 367 g/mol. The molecule has 1 aromatic carbocycles. The number of rotatable bonds is 6. The summed E-state index contributed by atoms with van der Waals surface area (Å²) in [6.07, 6.45) is 3.61. The van der Waals surface area contributed by atoms with Crippen LogP contribution in [0.1, 0.15) is 50.7 Å². The number of nitrogens with one attached hydrogen (secondary N) is 1. The number of nitrogens with zero attached hydrogens (tertiary/aromatic N) is 1. The van der Waals surface area contributed by atoms with Gasteiger partial charge in [0.2, 0.25) is 15.9 Å². The molecule has 0 bridgehead atoms. The van der Waals surface area contributed by atoms with E-state index in [1.165, 1.54) is 0 Å². The standard InChI is InChI=1S/C19H30N2O3S/c1-14(2)12-17(19(22)21-10-6-5-7-11-21)20-25(23,24)18-13-15(3)8-9-16(18)4/h8-9,13-14,17,20H,5-7,10-12H2,1-4H3/t17-/m0/s1. The highest BCUT2D eigenvalue weighted by molar-refractivity contribution is 7.89. The highest BCUT2D eigenvalue weighted by Crippen LogP contribution is 2.20. The minimum Gasteiger partial charge on any atom is -0.341 e. The molecule has 1 aromatic rings. The molecule has 1 atom stereocenters. The molecular weight excluding hydrogens is 336 g/mol. The predicted octanol–water partition coefficient (Wildman–Crippen LogP) is 3.01. The van der Waals surface area contributed by atoms with E-state index in [4.69, 9.17) is 0 Å². The van der Waals surface area contributed by atoms with Crippen molar-refractivity contribution in [3.8, 4) is 0 Å². The zero-order valence-electron chi connectivity index (χ0n) is 15.7. The molecule has 1 amide bonds. The molecule has 25 heavy (non-hydrogen) atoms. The first kappa shape index (κ1) is 19.9. The Morgan fingerprint density at radius 3 is 2.40 bits per heavy atom. The highest BCUT2D eigenvalue weighted by atomic mass is 32.2. The van der Waals surface area contributed by atoms with Gasteiger partial charge >= 0.3 is 0 Å². The fourth-order valence-corrected chi connectivity index (χ4v) is 4.78. The Morgan fingerprint density at radius 1 is 1.16 bits per heavy atom. The maximum atomic E-state index is 12.9. The SMILES string of the molecule is Cc1ccc(C)c(S(=O)(=O)N[C@@H](CC(C)C)C(=O)N2CCCCC2)c1. The van der Waals surface area contributed by atoms with E-state index < -0.39 is 16.1 Å². The molecule has 0 radical (unpaired) electrons. The van der Waals surface area contributed by atoms with E-state index in [9.17, 15) is 13.2 Å². The lowest BCUT2D eigenvalue weighted by Crippen LogP contribution is -2.50. The first-order valence-electron chi connectivity index (χ1n) is 9.09. The molecule has 0 aromatic heterocycles. The lowest BCUT2D eigenvalue weighted by molar-refractivity contribution is -0.134. The summed E-state index contributed by atoms with van der Waals surface area (Å²) in [6.45, 7) is 9.09. The molecule has 6 heteroatoms. The Morgan fingerprint density at radius 2 is 1.80 bits per heavy atom. The highest BCUT2D eigenvalue weighted by Gasteiger charge is 2.31. The Balaban J connectivity index is 2.25. The number of hydrogen-bond donors (Lipinski definition) is 1. The first-order chi connectivity index (χ1) is 11.7. The van der Waals surface area contributed by atoms with Crippen molar-refractivity contribution in [3.63, 3.8) is 0 Å². The maximum Gasteiger partial charge on any atom is 0.241 e. The molecule has 1 N–H and O–H groups in total. The summed E-state index contributed by atoms with van der Waals surface area (Å²) in [5.41, 5.74) is 1.57. The molecule has 0 saturated carbocycles. The van der Waals surface area contributed by atoms with Crippen LogP contribution < -0.4 is 4.72 Å². The van der Waals surface area contributed by atoms with Crippen molar-refractivity contribution in [1.29, 1.82) is 0 Å². The molecule has 140 valence electrons. The predicted molar refractivity (Wildman–Crippen MR) is 99.9 cm³/mol. The number of carbonyl (C=O) groups is 1. The minimum absolute atomic E-state index is 0.0951. The molecule has 1 aliphatic rings. The maximum absolute atomic E-state index is 12.9.